The molecule has 0 saturated heterocycles. The van der Waals surface area contributed by atoms with Gasteiger partial charge in [0.25, 0.3) is 0 Å². The van der Waals surface area contributed by atoms with Crippen molar-refractivity contribution in [1.82, 2.24) is 5.32 Å². The maximum atomic E-state index is 5.45. The summed E-state index contributed by atoms with van der Waals surface area (Å²) in [6.07, 6.45) is 0. The predicted molar refractivity (Wildman–Crippen MR) is 54.5 cm³/mol. The number of hydrogen-bond acceptors (Lipinski definition) is 4. The zero-order valence-corrected chi connectivity index (χ0v) is 8.79. The third-order valence-electron chi connectivity index (χ3n) is 1.74. The van der Waals surface area contributed by atoms with Crippen LogP contribution in [0.15, 0.2) is 24.3 Å². The van der Waals surface area contributed by atoms with Crippen LogP contribution < -0.4 is 14.4 Å². The molecule has 1 N–H and O–H groups in total. The van der Waals surface area contributed by atoms with Crippen LogP contribution in [0.5, 0.6) is 11.5 Å². The van der Waals surface area contributed by atoms with Crippen LogP contribution in [-0.4, -0.2) is 20.2 Å². The van der Waals surface area contributed by atoms with E-state index in [0.29, 0.717) is 6.61 Å². The van der Waals surface area contributed by atoms with Gasteiger partial charge < -0.3 is 14.4 Å². The smallest absolute Gasteiger partial charge is 0.414 e. The highest BCUT2D eigenvalue weighted by molar-refractivity contribution is 7.43. The molecule has 1 heterocycles. The number of fused-ring (bicyclic) bond motifs is 1. The average Bonchev–Trinajstić information content (AvgIpc) is 2.60. The maximum Gasteiger partial charge on any atom is 0.463 e. The second-order valence-electron chi connectivity index (χ2n) is 2.79. The van der Waals surface area contributed by atoms with E-state index in [-0.39, 0.29) is 0 Å². The van der Waals surface area contributed by atoms with Gasteiger partial charge in [-0.3, -0.25) is 4.52 Å². The molecular weight excluding hydrogens is 201 g/mol. The Labute approximate surface area is 84.2 Å². The third-order valence-corrected chi connectivity index (χ3v) is 2.83. The van der Waals surface area contributed by atoms with Crippen LogP contribution in [0.25, 0.3) is 0 Å². The fraction of sp³-hybridized carbons (Fsp3) is 0.333. The molecule has 0 saturated carbocycles. The fourth-order valence-electron chi connectivity index (χ4n) is 1.06. The van der Waals surface area contributed by atoms with Crippen molar-refractivity contribution in [1.29, 1.82) is 0 Å². The van der Waals surface area contributed by atoms with Crippen LogP contribution in [0.3, 0.4) is 0 Å². The Balaban J connectivity index is 1.86. The van der Waals surface area contributed by atoms with Gasteiger partial charge in [0, 0.05) is 6.54 Å². The molecule has 0 radical (unpaired) electrons. The maximum absolute atomic E-state index is 5.45. The highest BCUT2D eigenvalue weighted by Gasteiger charge is 2.26. The Morgan fingerprint density at radius 3 is 2.50 bits per heavy atom. The van der Waals surface area contributed by atoms with Gasteiger partial charge in [-0.15, -0.1) is 0 Å². The van der Waals surface area contributed by atoms with Crippen molar-refractivity contribution in [2.24, 2.45) is 0 Å². The van der Waals surface area contributed by atoms with Crippen LogP contribution in [-0.2, 0) is 4.52 Å². The molecule has 0 aromatic heterocycles. The lowest BCUT2D eigenvalue weighted by Crippen LogP contribution is -2.13. The summed E-state index contributed by atoms with van der Waals surface area (Å²) < 4.78 is 16.3. The van der Waals surface area contributed by atoms with Gasteiger partial charge in [-0.05, 0) is 19.2 Å². The van der Waals surface area contributed by atoms with Gasteiger partial charge in [-0.1, -0.05) is 12.1 Å². The van der Waals surface area contributed by atoms with Crippen molar-refractivity contribution in [2.45, 2.75) is 0 Å². The normalized spacial score (nSPS) is 14.6. The van der Waals surface area contributed by atoms with E-state index in [1.54, 1.807) is 0 Å². The number of hydrogen-bond donors (Lipinski definition) is 1. The van der Waals surface area contributed by atoms with E-state index in [1.807, 2.05) is 31.3 Å². The number of rotatable bonds is 4. The van der Waals surface area contributed by atoms with Crippen LogP contribution in [0.4, 0.5) is 0 Å². The van der Waals surface area contributed by atoms with Gasteiger partial charge in [0.05, 0.1) is 6.61 Å². The second kappa shape index (κ2) is 4.60. The third kappa shape index (κ3) is 2.15. The summed E-state index contributed by atoms with van der Waals surface area (Å²) in [5.74, 6) is 1.53. The summed E-state index contributed by atoms with van der Waals surface area (Å²) in [7, 11) is 0.653. The molecule has 14 heavy (non-hydrogen) atoms. The van der Waals surface area contributed by atoms with Crippen LogP contribution in [0.2, 0.25) is 0 Å². The molecule has 1 aliphatic heterocycles. The molecule has 0 fully saturated rings. The summed E-state index contributed by atoms with van der Waals surface area (Å²) in [4.78, 5) is 0. The van der Waals surface area contributed by atoms with Crippen molar-refractivity contribution in [3.63, 3.8) is 0 Å². The Kier molecular flexibility index (Phi) is 3.19. The Hall–Kier alpha value is -0.830. The Morgan fingerprint density at radius 2 is 1.93 bits per heavy atom. The monoisotopic (exact) mass is 213 g/mol. The molecule has 0 spiro atoms. The summed E-state index contributed by atoms with van der Waals surface area (Å²) >= 11 is 0. The summed E-state index contributed by atoms with van der Waals surface area (Å²) in [6, 6.07) is 7.57. The SMILES string of the molecule is CNCCOP1Oc2ccccc2O1. The topological polar surface area (TPSA) is 39.7 Å². The molecule has 0 unspecified atom stereocenters. The zero-order valence-electron chi connectivity index (χ0n) is 7.90. The molecule has 0 bridgehead atoms. The van der Waals surface area contributed by atoms with Gasteiger partial charge in [0.15, 0.2) is 11.5 Å². The number of benzene rings is 1. The van der Waals surface area contributed by atoms with Gasteiger partial charge >= 0.3 is 8.60 Å². The van der Waals surface area contributed by atoms with Crippen molar-refractivity contribution in [3.05, 3.63) is 24.3 Å². The zero-order chi connectivity index (χ0) is 9.80. The highest BCUT2D eigenvalue weighted by Crippen LogP contribution is 2.52. The Bertz CT molecular complexity index is 283. The summed E-state index contributed by atoms with van der Waals surface area (Å²) in [6.45, 7) is 1.39. The van der Waals surface area contributed by atoms with E-state index in [1.165, 1.54) is 0 Å². The minimum Gasteiger partial charge on any atom is -0.414 e. The molecular formula is C9H12NO3P. The predicted octanol–water partition coefficient (Wildman–Crippen LogP) is 1.92. The first kappa shape index (κ1) is 9.71. The van der Waals surface area contributed by atoms with E-state index in [4.69, 9.17) is 13.6 Å². The molecule has 1 aliphatic rings. The Morgan fingerprint density at radius 1 is 1.29 bits per heavy atom. The number of likely N-dealkylation sites (N-methyl/N-ethyl adjacent to an activating group) is 1. The lowest BCUT2D eigenvalue weighted by Gasteiger charge is -2.06. The van der Waals surface area contributed by atoms with E-state index in [9.17, 15) is 0 Å². The largest absolute Gasteiger partial charge is 0.463 e. The molecule has 2 rings (SSSR count). The van der Waals surface area contributed by atoms with Gasteiger partial charge in [-0.2, -0.15) is 0 Å². The van der Waals surface area contributed by atoms with Crippen LogP contribution in [0.1, 0.15) is 0 Å². The molecule has 1 aromatic carbocycles. The van der Waals surface area contributed by atoms with Crippen molar-refractivity contribution in [3.8, 4) is 11.5 Å². The van der Waals surface area contributed by atoms with E-state index in [0.717, 1.165) is 18.0 Å². The number of nitrogens with one attached hydrogen (secondary N) is 1. The first-order valence-electron chi connectivity index (χ1n) is 4.43. The second-order valence-corrected chi connectivity index (χ2v) is 3.86. The highest BCUT2D eigenvalue weighted by atomic mass is 31.2. The standard InChI is InChI=1S/C9H12NO3P/c1-10-6-7-11-14-12-8-4-2-3-5-9(8)13-14/h2-5,10H,6-7H2,1H3. The number of para-hydroxylation sites is 2. The van der Waals surface area contributed by atoms with Gasteiger partial charge in [0.2, 0.25) is 0 Å². The summed E-state index contributed by atoms with van der Waals surface area (Å²) in [5.41, 5.74) is 0. The lowest BCUT2D eigenvalue weighted by molar-refractivity contribution is 0.285. The minimum atomic E-state index is -1.22. The fourth-order valence-corrected chi connectivity index (χ4v) is 2.06. The van der Waals surface area contributed by atoms with E-state index < -0.39 is 8.60 Å². The quantitative estimate of drug-likeness (QED) is 0.612. The van der Waals surface area contributed by atoms with Crippen molar-refractivity contribution >= 4 is 8.60 Å². The van der Waals surface area contributed by atoms with Crippen molar-refractivity contribution in [2.75, 3.05) is 20.2 Å². The average molecular weight is 213 g/mol. The van der Waals surface area contributed by atoms with Crippen LogP contribution >= 0.6 is 8.60 Å². The molecule has 0 amide bonds. The molecule has 0 aliphatic carbocycles. The molecule has 1 aromatic rings. The van der Waals surface area contributed by atoms with E-state index >= 15 is 0 Å². The van der Waals surface area contributed by atoms with Gasteiger partial charge in [0.1, 0.15) is 0 Å². The lowest BCUT2D eigenvalue weighted by atomic mass is 10.3. The van der Waals surface area contributed by atoms with Crippen molar-refractivity contribution < 1.29 is 13.6 Å². The summed E-state index contributed by atoms with van der Waals surface area (Å²) in [5, 5.41) is 2.99. The molecule has 4 nitrogen and oxygen atoms in total. The minimum absolute atomic E-state index is 0.593. The van der Waals surface area contributed by atoms with Gasteiger partial charge in [-0.25, -0.2) is 0 Å². The van der Waals surface area contributed by atoms with E-state index in [2.05, 4.69) is 5.32 Å². The molecule has 76 valence electrons. The molecule has 5 heteroatoms. The van der Waals surface area contributed by atoms with Crippen LogP contribution in [0, 0.1) is 0 Å². The molecule has 0 atom stereocenters. The first-order valence-corrected chi connectivity index (χ1v) is 5.52. The first-order chi connectivity index (χ1) is 6.90.